The lowest BCUT2D eigenvalue weighted by Crippen LogP contribution is -2.74. The van der Waals surface area contributed by atoms with Crippen molar-refractivity contribution in [3.63, 3.8) is 0 Å². The predicted octanol–water partition coefficient (Wildman–Crippen LogP) is 4.20. The van der Waals surface area contributed by atoms with Crippen LogP contribution in [-0.2, 0) is 8.23 Å². The Labute approximate surface area is 253 Å². The summed E-state index contributed by atoms with van der Waals surface area (Å²) in [5.74, 6) is 0. The van der Waals surface area contributed by atoms with Crippen molar-refractivity contribution in [3.05, 3.63) is 182 Å². The third kappa shape index (κ3) is 5.41. The van der Waals surface area contributed by atoms with Crippen LogP contribution in [-0.4, -0.2) is 25.9 Å². The topological polar surface area (TPSA) is 18.5 Å². The molecule has 0 unspecified atom stereocenters. The van der Waals surface area contributed by atoms with Crippen molar-refractivity contribution in [1.29, 1.82) is 0 Å². The zero-order chi connectivity index (χ0) is 28.7. The Morgan fingerprint density at radius 3 is 0.643 bits per heavy atom. The van der Waals surface area contributed by atoms with E-state index in [1.54, 1.807) is 0 Å². The van der Waals surface area contributed by atoms with Crippen LogP contribution in [0.5, 0.6) is 0 Å². The van der Waals surface area contributed by atoms with E-state index in [1.807, 2.05) is 0 Å². The molecule has 6 aromatic carbocycles. The molecule has 6 rings (SSSR count). The molecule has 0 aliphatic heterocycles. The van der Waals surface area contributed by atoms with Gasteiger partial charge in [0, 0.05) is 0 Å². The molecule has 0 aliphatic rings. The number of benzene rings is 6. The summed E-state index contributed by atoms with van der Waals surface area (Å²) in [5.41, 5.74) is 0. The molecule has 0 atom stereocenters. The second kappa shape index (κ2) is 12.8. The average Bonchev–Trinajstić information content (AvgIpc) is 3.08. The lowest BCUT2D eigenvalue weighted by Gasteiger charge is -2.40. The molecule has 5 heteroatoms. The van der Waals surface area contributed by atoms with Crippen LogP contribution >= 0.6 is 0 Å². The summed E-state index contributed by atoms with van der Waals surface area (Å²) in [7, 11) is -8.21. The molecule has 0 N–H and O–H groups in total. The Balaban J connectivity index is 1.54. The summed E-state index contributed by atoms with van der Waals surface area (Å²) in [5, 5.41) is 7.32. The van der Waals surface area contributed by atoms with E-state index in [9.17, 15) is 0 Å². The highest BCUT2D eigenvalue weighted by Crippen LogP contribution is 2.16. The van der Waals surface area contributed by atoms with Crippen molar-refractivity contribution >= 4 is 57.0 Å². The van der Waals surface area contributed by atoms with Crippen LogP contribution in [0.3, 0.4) is 0 Å². The minimum atomic E-state index is -2.93. The first-order chi connectivity index (χ1) is 20.7. The lowest BCUT2D eigenvalue weighted by molar-refractivity contribution is 0.445. The van der Waals surface area contributed by atoms with E-state index in [-0.39, 0.29) is 0 Å². The van der Waals surface area contributed by atoms with Gasteiger partial charge in [-0.15, -0.1) is 0 Å². The fourth-order valence-electron chi connectivity index (χ4n) is 5.97. The molecule has 0 saturated carbocycles. The summed E-state index contributed by atoms with van der Waals surface area (Å²) < 4.78 is 15.2. The average molecular weight is 595 g/mol. The molecule has 0 heterocycles. The van der Waals surface area contributed by atoms with Gasteiger partial charge in [0.1, 0.15) is 0 Å². The summed E-state index contributed by atoms with van der Waals surface area (Å²) in [6.07, 6.45) is 0. The van der Waals surface area contributed by atoms with Crippen molar-refractivity contribution in [3.8, 4) is 0 Å². The van der Waals surface area contributed by atoms with Gasteiger partial charge >= 0.3 is 0 Å². The van der Waals surface area contributed by atoms with Crippen molar-refractivity contribution < 1.29 is 8.23 Å². The molecule has 6 aromatic rings. The first kappa shape index (κ1) is 28.0. The molecule has 206 valence electrons. The van der Waals surface area contributed by atoms with Gasteiger partial charge in [-0.1, -0.05) is 182 Å². The van der Waals surface area contributed by atoms with E-state index >= 15 is 0 Å². The van der Waals surface area contributed by atoms with Crippen LogP contribution in [0.1, 0.15) is 0 Å². The molecule has 42 heavy (non-hydrogen) atoms. The smallest absolute Gasteiger partial charge is 0.298 e. The second-order valence-corrected chi connectivity index (χ2v) is 19.6. The molecule has 0 radical (unpaired) electrons. The van der Waals surface area contributed by atoms with Gasteiger partial charge in [0.2, 0.25) is 0 Å². The Bertz CT molecular complexity index is 1350. The molecular weight excluding hydrogens is 561 g/mol. The van der Waals surface area contributed by atoms with Gasteiger partial charge in [0.05, 0.1) is 0 Å². The number of hydrogen-bond donors (Lipinski definition) is 0. The molecule has 0 spiro atoms. The van der Waals surface area contributed by atoms with Crippen LogP contribution in [0.2, 0.25) is 6.55 Å². The molecule has 0 fully saturated rings. The lowest BCUT2D eigenvalue weighted by atomic mass is 10.3. The van der Waals surface area contributed by atoms with E-state index in [2.05, 4.69) is 189 Å². The van der Waals surface area contributed by atoms with E-state index in [0.717, 1.165) is 0 Å². The van der Waals surface area contributed by atoms with Crippen molar-refractivity contribution in [2.75, 3.05) is 0 Å². The highest BCUT2D eigenvalue weighted by atomic mass is 28.4. The Morgan fingerprint density at radius 2 is 0.476 bits per heavy atom. The minimum Gasteiger partial charge on any atom is -0.428 e. The summed E-state index contributed by atoms with van der Waals surface area (Å²) >= 11 is 0. The van der Waals surface area contributed by atoms with Gasteiger partial charge in [-0.05, 0) is 37.7 Å². The Morgan fingerprint density at radius 1 is 0.310 bits per heavy atom. The fourth-order valence-corrected chi connectivity index (χ4v) is 19.8. The SMILES string of the molecule is C[SiH](O[Si](c1ccccc1)(c1ccccc1)c1ccccc1)O[Si](c1ccccc1)(c1ccccc1)c1ccccc1. The molecule has 0 aliphatic carbocycles. The highest BCUT2D eigenvalue weighted by Gasteiger charge is 2.48. The van der Waals surface area contributed by atoms with Gasteiger partial charge in [0.15, 0.2) is 0 Å². The van der Waals surface area contributed by atoms with Crippen molar-refractivity contribution in [1.82, 2.24) is 0 Å². The van der Waals surface area contributed by atoms with Gasteiger partial charge in [-0.3, -0.25) is 0 Å². The van der Waals surface area contributed by atoms with Crippen LogP contribution in [0.4, 0.5) is 0 Å². The molecule has 2 nitrogen and oxygen atoms in total. The first-order valence-electron chi connectivity index (χ1n) is 14.4. The summed E-state index contributed by atoms with van der Waals surface area (Å²) in [6.45, 7) is 2.22. The Hall–Kier alpha value is -4.11. The monoisotopic (exact) mass is 594 g/mol. The van der Waals surface area contributed by atoms with Crippen LogP contribution < -0.4 is 31.1 Å². The standard InChI is InChI=1S/C37H34O2Si3/c1-40(38-41(32-20-8-2-9-21-32,33-22-10-3-11-23-33)34-24-12-4-13-25-34)39-42(35-26-14-5-15-27-35,36-28-16-6-17-29-36)37-30-18-7-19-31-37/h2-31,40H,1H3. The maximum absolute atomic E-state index is 7.61. The number of hydrogen-bond acceptors (Lipinski definition) is 2. The van der Waals surface area contributed by atoms with Gasteiger partial charge < -0.3 is 8.23 Å². The normalized spacial score (nSPS) is 11.9. The third-order valence-corrected chi connectivity index (χ3v) is 20.1. The van der Waals surface area contributed by atoms with E-state index in [0.29, 0.717) is 0 Å². The van der Waals surface area contributed by atoms with Crippen LogP contribution in [0.25, 0.3) is 0 Å². The second-order valence-electron chi connectivity index (χ2n) is 10.4. The maximum Gasteiger partial charge on any atom is 0.298 e. The van der Waals surface area contributed by atoms with Crippen LogP contribution in [0.15, 0.2) is 182 Å². The predicted molar refractivity (Wildman–Crippen MR) is 183 cm³/mol. The summed E-state index contributed by atoms with van der Waals surface area (Å²) in [6, 6.07) is 64.6. The van der Waals surface area contributed by atoms with Gasteiger partial charge in [-0.2, -0.15) is 0 Å². The third-order valence-electron chi connectivity index (χ3n) is 7.77. The first-order valence-corrected chi connectivity index (χ1v) is 20.3. The zero-order valence-corrected chi connectivity index (χ0v) is 26.9. The largest absolute Gasteiger partial charge is 0.428 e. The number of rotatable bonds is 10. The van der Waals surface area contributed by atoms with E-state index in [1.165, 1.54) is 31.1 Å². The van der Waals surface area contributed by atoms with Crippen LogP contribution in [0, 0.1) is 0 Å². The Kier molecular flexibility index (Phi) is 8.55. The quantitative estimate of drug-likeness (QED) is 0.175. The van der Waals surface area contributed by atoms with Gasteiger partial charge in [-0.25, -0.2) is 0 Å². The van der Waals surface area contributed by atoms with Crippen molar-refractivity contribution in [2.45, 2.75) is 6.55 Å². The molecular formula is C37H34O2Si3. The zero-order valence-electron chi connectivity index (χ0n) is 23.7. The molecule has 0 amide bonds. The molecule has 0 bridgehead atoms. The maximum atomic E-state index is 7.61. The van der Waals surface area contributed by atoms with E-state index in [4.69, 9.17) is 8.23 Å². The fraction of sp³-hybridized carbons (Fsp3) is 0.0270. The molecule has 0 aromatic heterocycles. The van der Waals surface area contributed by atoms with E-state index < -0.39 is 25.9 Å². The minimum absolute atomic E-state index is 1.22. The molecule has 0 saturated heterocycles. The summed E-state index contributed by atoms with van der Waals surface area (Å²) in [4.78, 5) is 0. The highest BCUT2D eigenvalue weighted by molar-refractivity contribution is 7.12. The van der Waals surface area contributed by atoms with Gasteiger partial charge in [0.25, 0.3) is 25.9 Å². The van der Waals surface area contributed by atoms with Crippen molar-refractivity contribution in [2.24, 2.45) is 0 Å².